The van der Waals surface area contributed by atoms with Gasteiger partial charge in [-0.05, 0) is 44.2 Å². The van der Waals surface area contributed by atoms with Crippen LogP contribution in [0.25, 0.3) is 22.4 Å². The van der Waals surface area contributed by atoms with E-state index in [0.29, 0.717) is 5.82 Å². The predicted molar refractivity (Wildman–Crippen MR) is 105 cm³/mol. The van der Waals surface area contributed by atoms with E-state index in [4.69, 9.17) is 0 Å². The molecular weight excluding hydrogens is 359 g/mol. The van der Waals surface area contributed by atoms with Crippen molar-refractivity contribution in [1.82, 2.24) is 25.3 Å². The number of aryl methyl sites for hydroxylation is 1. The van der Waals surface area contributed by atoms with E-state index >= 15 is 0 Å². The number of rotatable bonds is 4. The molecule has 0 spiro atoms. The number of aromatic amines is 1. The number of nitrogens with one attached hydrogen (secondary N) is 3. The number of carbonyl (C=O) groups excluding carboxylic acids is 1. The second kappa shape index (κ2) is 7.53. The monoisotopic (exact) mass is 382 g/mol. The topological polar surface area (TPSA) is 95.6 Å². The van der Waals surface area contributed by atoms with Gasteiger partial charge in [0.2, 0.25) is 5.91 Å². The zero-order valence-electron chi connectivity index (χ0n) is 15.9. The lowest BCUT2D eigenvalue weighted by molar-refractivity contribution is -0.119. The van der Waals surface area contributed by atoms with Crippen LogP contribution < -0.4 is 10.6 Å². The van der Waals surface area contributed by atoms with E-state index in [0.717, 1.165) is 47.8 Å². The van der Waals surface area contributed by atoms with Gasteiger partial charge in [-0.25, -0.2) is 19.3 Å². The number of nitrogens with zero attached hydrogens (tertiary/aromatic N) is 3. The van der Waals surface area contributed by atoms with E-state index in [-0.39, 0.29) is 23.8 Å². The molecule has 2 atom stereocenters. The van der Waals surface area contributed by atoms with Gasteiger partial charge in [-0.3, -0.25) is 4.79 Å². The van der Waals surface area contributed by atoms with Gasteiger partial charge in [0.1, 0.15) is 5.65 Å². The molecular formula is C20H23FN6O. The molecule has 3 heterocycles. The van der Waals surface area contributed by atoms with Crippen molar-refractivity contribution in [3.8, 4) is 11.4 Å². The first-order chi connectivity index (χ1) is 13.5. The Labute approximate surface area is 162 Å². The van der Waals surface area contributed by atoms with Gasteiger partial charge in [-0.1, -0.05) is 0 Å². The molecule has 3 aromatic heterocycles. The molecule has 0 unspecified atom stereocenters. The van der Waals surface area contributed by atoms with Crippen LogP contribution in [-0.2, 0) is 4.79 Å². The van der Waals surface area contributed by atoms with E-state index in [1.54, 1.807) is 12.4 Å². The summed E-state index contributed by atoms with van der Waals surface area (Å²) in [7, 11) is 0. The average molecular weight is 382 g/mol. The Morgan fingerprint density at radius 1 is 1.25 bits per heavy atom. The van der Waals surface area contributed by atoms with Gasteiger partial charge in [0.15, 0.2) is 17.5 Å². The maximum Gasteiger partial charge on any atom is 0.217 e. The van der Waals surface area contributed by atoms with Crippen molar-refractivity contribution >= 4 is 22.8 Å². The van der Waals surface area contributed by atoms with Crippen LogP contribution in [0.3, 0.4) is 0 Å². The Bertz CT molecular complexity index is 1020. The van der Waals surface area contributed by atoms with Gasteiger partial charge >= 0.3 is 0 Å². The van der Waals surface area contributed by atoms with Gasteiger partial charge in [0.05, 0.1) is 6.20 Å². The summed E-state index contributed by atoms with van der Waals surface area (Å²) < 4.78 is 14.4. The molecule has 7 nitrogen and oxygen atoms in total. The average Bonchev–Trinajstić information content (AvgIpc) is 3.06. The van der Waals surface area contributed by atoms with Gasteiger partial charge < -0.3 is 15.6 Å². The number of H-pyrrole nitrogens is 1. The van der Waals surface area contributed by atoms with E-state index in [9.17, 15) is 9.18 Å². The van der Waals surface area contributed by atoms with Gasteiger partial charge in [-0.2, -0.15) is 0 Å². The maximum absolute atomic E-state index is 14.4. The molecule has 1 amide bonds. The van der Waals surface area contributed by atoms with Crippen LogP contribution in [0.4, 0.5) is 10.2 Å². The molecule has 4 rings (SSSR count). The second-order valence-electron chi connectivity index (χ2n) is 7.41. The van der Waals surface area contributed by atoms with Gasteiger partial charge in [-0.15, -0.1) is 0 Å². The van der Waals surface area contributed by atoms with Crippen LogP contribution in [0.5, 0.6) is 0 Å². The largest absolute Gasteiger partial charge is 0.365 e. The quantitative estimate of drug-likeness (QED) is 0.643. The van der Waals surface area contributed by atoms with Crippen molar-refractivity contribution in [2.24, 2.45) is 0 Å². The number of anilines is 1. The number of hydrogen-bond donors (Lipinski definition) is 3. The molecule has 28 heavy (non-hydrogen) atoms. The maximum atomic E-state index is 14.4. The number of carbonyl (C=O) groups is 1. The van der Waals surface area contributed by atoms with Gasteiger partial charge in [0, 0.05) is 42.4 Å². The molecule has 0 aliphatic heterocycles. The third-order valence-electron chi connectivity index (χ3n) is 5.08. The zero-order valence-corrected chi connectivity index (χ0v) is 15.9. The van der Waals surface area contributed by atoms with Crippen LogP contribution in [0.1, 0.15) is 38.2 Å². The highest BCUT2D eigenvalue weighted by atomic mass is 19.1. The molecule has 8 heteroatoms. The lowest BCUT2D eigenvalue weighted by atomic mass is 9.91. The molecule has 1 aliphatic carbocycles. The van der Waals surface area contributed by atoms with E-state index in [1.807, 2.05) is 13.0 Å². The third kappa shape index (κ3) is 3.81. The van der Waals surface area contributed by atoms with Crippen LogP contribution >= 0.6 is 0 Å². The normalized spacial score (nSPS) is 19.5. The summed E-state index contributed by atoms with van der Waals surface area (Å²) in [5.74, 6) is 0.106. The lowest BCUT2D eigenvalue weighted by Crippen LogP contribution is -2.41. The van der Waals surface area contributed by atoms with Gasteiger partial charge in [0.25, 0.3) is 0 Å². The molecule has 1 fully saturated rings. The van der Waals surface area contributed by atoms with Crippen molar-refractivity contribution in [2.75, 3.05) is 5.32 Å². The Morgan fingerprint density at radius 3 is 2.89 bits per heavy atom. The minimum absolute atomic E-state index is 0.0376. The van der Waals surface area contributed by atoms with Crippen molar-refractivity contribution in [3.05, 3.63) is 36.0 Å². The first kappa shape index (κ1) is 18.3. The number of pyridine rings is 1. The summed E-state index contributed by atoms with van der Waals surface area (Å²) in [4.78, 5) is 27.4. The predicted octanol–water partition coefficient (Wildman–Crippen LogP) is 3.33. The standard InChI is InChI=1S/C20H23FN6O/c1-11-6-15-16(9-23-18(15)22-8-11)19-24-10-17(21)20(27-19)26-14-5-3-4-13(7-14)25-12(2)28/h6,8-10,13-14H,3-5,7H2,1-2H3,(H,22,23)(H,25,28)(H,24,26,27)/t13-,14+/m1/s1. The summed E-state index contributed by atoms with van der Waals surface area (Å²) in [6.45, 7) is 3.49. The number of halogens is 1. The van der Waals surface area contributed by atoms with E-state index in [2.05, 4.69) is 30.6 Å². The number of hydrogen-bond acceptors (Lipinski definition) is 5. The highest BCUT2D eigenvalue weighted by Crippen LogP contribution is 2.28. The SMILES string of the molecule is CC(=O)N[C@@H]1CCC[C@H](Nc2nc(-c3c[nH]c4ncc(C)cc34)ncc2F)C1. The fourth-order valence-corrected chi connectivity index (χ4v) is 3.82. The minimum atomic E-state index is -0.487. The summed E-state index contributed by atoms with van der Waals surface area (Å²) in [6, 6.07) is 2.16. The fraction of sp³-hybridized carbons (Fsp3) is 0.400. The molecule has 146 valence electrons. The van der Waals surface area contributed by atoms with E-state index < -0.39 is 5.82 Å². The highest BCUT2D eigenvalue weighted by molar-refractivity contribution is 5.92. The Hall–Kier alpha value is -3.03. The molecule has 1 saturated carbocycles. The van der Waals surface area contributed by atoms with Crippen molar-refractivity contribution < 1.29 is 9.18 Å². The zero-order chi connectivity index (χ0) is 19.7. The molecule has 0 bridgehead atoms. The van der Waals surface area contributed by atoms with Crippen LogP contribution in [0.15, 0.2) is 24.7 Å². The third-order valence-corrected chi connectivity index (χ3v) is 5.08. The smallest absolute Gasteiger partial charge is 0.217 e. The number of fused-ring (bicyclic) bond motifs is 1. The molecule has 0 saturated heterocycles. The van der Waals surface area contributed by atoms with E-state index in [1.165, 1.54) is 13.1 Å². The Kier molecular flexibility index (Phi) is 4.93. The first-order valence-corrected chi connectivity index (χ1v) is 9.50. The second-order valence-corrected chi connectivity index (χ2v) is 7.41. The van der Waals surface area contributed by atoms with Crippen molar-refractivity contribution in [2.45, 2.75) is 51.6 Å². The van der Waals surface area contributed by atoms with Crippen molar-refractivity contribution in [1.29, 1.82) is 0 Å². The highest BCUT2D eigenvalue weighted by Gasteiger charge is 2.24. The molecule has 0 aromatic carbocycles. The summed E-state index contributed by atoms with van der Waals surface area (Å²) in [6.07, 6.45) is 8.34. The summed E-state index contributed by atoms with van der Waals surface area (Å²) in [5.41, 5.74) is 2.56. The summed E-state index contributed by atoms with van der Waals surface area (Å²) >= 11 is 0. The molecule has 3 aromatic rings. The first-order valence-electron chi connectivity index (χ1n) is 9.50. The van der Waals surface area contributed by atoms with Crippen molar-refractivity contribution in [3.63, 3.8) is 0 Å². The molecule has 1 aliphatic rings. The number of amides is 1. The van der Waals surface area contributed by atoms with Crippen LogP contribution in [0.2, 0.25) is 0 Å². The van der Waals surface area contributed by atoms with Crippen LogP contribution in [-0.4, -0.2) is 37.9 Å². The minimum Gasteiger partial charge on any atom is -0.365 e. The molecule has 3 N–H and O–H groups in total. The number of aromatic nitrogens is 4. The lowest BCUT2D eigenvalue weighted by Gasteiger charge is -2.30. The Balaban J connectivity index is 1.59. The fourth-order valence-electron chi connectivity index (χ4n) is 3.82. The summed E-state index contributed by atoms with van der Waals surface area (Å²) in [5, 5.41) is 7.07. The van der Waals surface area contributed by atoms with Crippen LogP contribution in [0, 0.1) is 12.7 Å². The Morgan fingerprint density at radius 2 is 2.07 bits per heavy atom. The molecule has 0 radical (unpaired) electrons.